The van der Waals surface area contributed by atoms with Crippen molar-refractivity contribution in [1.29, 1.82) is 0 Å². The summed E-state index contributed by atoms with van der Waals surface area (Å²) in [6.45, 7) is 3.90. The van der Waals surface area contributed by atoms with Crippen molar-refractivity contribution in [2.24, 2.45) is 5.73 Å². The fraction of sp³-hybridized carbons (Fsp3) is 0.500. The predicted molar refractivity (Wildman–Crippen MR) is 65.4 cm³/mol. The van der Waals surface area contributed by atoms with Gasteiger partial charge in [0.25, 0.3) is 0 Å². The van der Waals surface area contributed by atoms with Crippen molar-refractivity contribution in [3.63, 3.8) is 0 Å². The number of nitrogens with two attached hydrogens (primary N) is 1. The van der Waals surface area contributed by atoms with Crippen LogP contribution in [0.4, 0.5) is 5.69 Å². The van der Waals surface area contributed by atoms with Crippen LogP contribution < -0.4 is 10.6 Å². The molecule has 2 rings (SSSR count). The average molecular weight is 225 g/mol. The molecule has 0 bridgehead atoms. The van der Waals surface area contributed by atoms with Crippen molar-refractivity contribution >= 4 is 17.3 Å². The fourth-order valence-electron chi connectivity index (χ4n) is 2.31. The van der Waals surface area contributed by atoms with E-state index in [4.69, 9.17) is 17.3 Å². The Hall–Kier alpha value is -0.730. The minimum Gasteiger partial charge on any atom is -0.367 e. The summed E-state index contributed by atoms with van der Waals surface area (Å²) in [6.07, 6.45) is 2.49. The summed E-state index contributed by atoms with van der Waals surface area (Å²) in [6, 6.07) is 6.55. The van der Waals surface area contributed by atoms with Gasteiger partial charge < -0.3 is 10.6 Å². The molecule has 0 spiro atoms. The van der Waals surface area contributed by atoms with Crippen molar-refractivity contribution in [2.75, 3.05) is 11.4 Å². The molecule has 1 aliphatic rings. The normalized spacial score (nSPS) is 21.0. The van der Waals surface area contributed by atoms with E-state index in [0.717, 1.165) is 22.8 Å². The molecule has 1 aromatic rings. The van der Waals surface area contributed by atoms with Crippen LogP contribution >= 0.6 is 11.6 Å². The molecule has 1 atom stereocenters. The quantitative estimate of drug-likeness (QED) is 0.837. The Labute approximate surface area is 96.0 Å². The molecule has 15 heavy (non-hydrogen) atoms. The highest BCUT2D eigenvalue weighted by atomic mass is 35.5. The number of anilines is 1. The first-order chi connectivity index (χ1) is 7.24. The zero-order valence-corrected chi connectivity index (χ0v) is 9.80. The van der Waals surface area contributed by atoms with Crippen molar-refractivity contribution < 1.29 is 0 Å². The van der Waals surface area contributed by atoms with Gasteiger partial charge in [0.2, 0.25) is 0 Å². The zero-order chi connectivity index (χ0) is 10.8. The summed E-state index contributed by atoms with van der Waals surface area (Å²) in [5, 5.41) is 0.826. The smallest absolute Gasteiger partial charge is 0.0643 e. The molecule has 0 radical (unpaired) electrons. The van der Waals surface area contributed by atoms with Gasteiger partial charge in [-0.05, 0) is 31.4 Å². The van der Waals surface area contributed by atoms with E-state index >= 15 is 0 Å². The molecular formula is C12H17ClN2. The van der Waals surface area contributed by atoms with E-state index in [2.05, 4.69) is 17.9 Å². The maximum absolute atomic E-state index is 6.26. The molecule has 1 aliphatic heterocycles. The van der Waals surface area contributed by atoms with Gasteiger partial charge in [0, 0.05) is 19.1 Å². The largest absolute Gasteiger partial charge is 0.367 e. The molecule has 1 aromatic carbocycles. The highest BCUT2D eigenvalue weighted by Gasteiger charge is 2.23. The van der Waals surface area contributed by atoms with Crippen LogP contribution in [0.15, 0.2) is 18.2 Å². The van der Waals surface area contributed by atoms with Gasteiger partial charge >= 0.3 is 0 Å². The Morgan fingerprint density at radius 1 is 1.53 bits per heavy atom. The van der Waals surface area contributed by atoms with Crippen molar-refractivity contribution in [2.45, 2.75) is 32.4 Å². The maximum Gasteiger partial charge on any atom is 0.0643 e. The molecule has 1 heterocycles. The van der Waals surface area contributed by atoms with Crippen molar-refractivity contribution in [3.8, 4) is 0 Å². The molecule has 2 N–H and O–H groups in total. The third kappa shape index (κ3) is 1.97. The lowest BCUT2D eigenvalue weighted by Crippen LogP contribution is -2.28. The molecule has 1 unspecified atom stereocenters. The van der Waals surface area contributed by atoms with Crippen LogP contribution in [0.3, 0.4) is 0 Å². The Kier molecular flexibility index (Phi) is 3.17. The number of nitrogens with zero attached hydrogens (tertiary/aromatic N) is 1. The van der Waals surface area contributed by atoms with E-state index in [0.29, 0.717) is 12.6 Å². The minimum atomic E-state index is 0.555. The average Bonchev–Trinajstić information content (AvgIpc) is 2.64. The maximum atomic E-state index is 6.26. The van der Waals surface area contributed by atoms with Crippen LogP contribution in [0.5, 0.6) is 0 Å². The van der Waals surface area contributed by atoms with Crippen LogP contribution in [0.25, 0.3) is 0 Å². The van der Waals surface area contributed by atoms with E-state index in [1.54, 1.807) is 0 Å². The van der Waals surface area contributed by atoms with Gasteiger partial charge in [0.15, 0.2) is 0 Å². The summed E-state index contributed by atoms with van der Waals surface area (Å²) in [5.74, 6) is 0. The summed E-state index contributed by atoms with van der Waals surface area (Å²) in [4.78, 5) is 2.38. The van der Waals surface area contributed by atoms with Crippen LogP contribution in [-0.4, -0.2) is 12.6 Å². The summed E-state index contributed by atoms with van der Waals surface area (Å²) in [7, 11) is 0. The monoisotopic (exact) mass is 224 g/mol. The highest BCUT2D eigenvalue weighted by Crippen LogP contribution is 2.34. The number of hydrogen-bond donors (Lipinski definition) is 1. The molecule has 82 valence electrons. The highest BCUT2D eigenvalue weighted by molar-refractivity contribution is 6.33. The van der Waals surface area contributed by atoms with Crippen LogP contribution in [0, 0.1) is 0 Å². The molecule has 2 nitrogen and oxygen atoms in total. The van der Waals surface area contributed by atoms with Crippen LogP contribution in [0.1, 0.15) is 25.3 Å². The topological polar surface area (TPSA) is 29.3 Å². The molecule has 0 aliphatic carbocycles. The Morgan fingerprint density at radius 2 is 2.33 bits per heavy atom. The fourth-order valence-corrected chi connectivity index (χ4v) is 2.61. The Balaban J connectivity index is 2.41. The lowest BCUT2D eigenvalue weighted by Gasteiger charge is -2.27. The third-order valence-electron chi connectivity index (χ3n) is 3.13. The number of para-hydroxylation sites is 1. The zero-order valence-electron chi connectivity index (χ0n) is 9.04. The molecule has 0 saturated carbocycles. The number of rotatable bonds is 2. The first-order valence-electron chi connectivity index (χ1n) is 5.48. The van der Waals surface area contributed by atoms with E-state index in [-0.39, 0.29) is 0 Å². The summed E-state index contributed by atoms with van der Waals surface area (Å²) >= 11 is 6.26. The van der Waals surface area contributed by atoms with E-state index < -0.39 is 0 Å². The van der Waals surface area contributed by atoms with Gasteiger partial charge in [-0.3, -0.25) is 0 Å². The second kappa shape index (κ2) is 4.42. The third-order valence-corrected chi connectivity index (χ3v) is 3.44. The van der Waals surface area contributed by atoms with Crippen LogP contribution in [0.2, 0.25) is 5.02 Å². The van der Waals surface area contributed by atoms with E-state index in [9.17, 15) is 0 Å². The number of hydrogen-bond acceptors (Lipinski definition) is 2. The molecule has 0 amide bonds. The minimum absolute atomic E-state index is 0.555. The summed E-state index contributed by atoms with van der Waals surface area (Å²) in [5.41, 5.74) is 8.04. The molecule has 0 aromatic heterocycles. The first-order valence-corrected chi connectivity index (χ1v) is 5.86. The van der Waals surface area contributed by atoms with Gasteiger partial charge in [0.1, 0.15) is 0 Å². The van der Waals surface area contributed by atoms with Gasteiger partial charge in [0.05, 0.1) is 10.7 Å². The number of halogens is 1. The van der Waals surface area contributed by atoms with Gasteiger partial charge in [-0.25, -0.2) is 0 Å². The summed E-state index contributed by atoms with van der Waals surface area (Å²) < 4.78 is 0. The van der Waals surface area contributed by atoms with Gasteiger partial charge in [-0.15, -0.1) is 0 Å². The molecule has 3 heteroatoms. The number of benzene rings is 1. The molecule has 1 fully saturated rings. The lowest BCUT2D eigenvalue weighted by atomic mass is 10.1. The van der Waals surface area contributed by atoms with E-state index in [1.165, 1.54) is 12.8 Å². The van der Waals surface area contributed by atoms with Crippen LogP contribution in [-0.2, 0) is 6.54 Å². The van der Waals surface area contributed by atoms with Crippen molar-refractivity contribution in [3.05, 3.63) is 28.8 Å². The molecule has 1 saturated heterocycles. The van der Waals surface area contributed by atoms with E-state index in [1.807, 2.05) is 12.1 Å². The lowest BCUT2D eigenvalue weighted by molar-refractivity contribution is 0.731. The SMILES string of the molecule is CC1CCCN1c1c(Cl)cccc1CN. The second-order valence-electron chi connectivity index (χ2n) is 4.14. The standard InChI is InChI=1S/C12H17ClN2/c1-9-4-3-7-15(9)12-10(8-14)5-2-6-11(12)13/h2,5-6,9H,3-4,7-8,14H2,1H3. The predicted octanol–water partition coefficient (Wildman–Crippen LogP) is 2.79. The second-order valence-corrected chi connectivity index (χ2v) is 4.54. The Morgan fingerprint density at radius 3 is 2.93 bits per heavy atom. The van der Waals surface area contributed by atoms with Gasteiger partial charge in [-0.1, -0.05) is 23.7 Å². The Bertz CT molecular complexity index is 351. The van der Waals surface area contributed by atoms with Gasteiger partial charge in [-0.2, -0.15) is 0 Å². The first kappa shape index (κ1) is 10.8. The van der Waals surface area contributed by atoms with Crippen molar-refractivity contribution in [1.82, 2.24) is 0 Å². The molecular weight excluding hydrogens is 208 g/mol.